The first kappa shape index (κ1) is 19.9. The second-order valence-electron chi connectivity index (χ2n) is 6.76. The van der Waals surface area contributed by atoms with E-state index in [1.54, 1.807) is 31.6 Å². The molecule has 0 N–H and O–H groups in total. The minimum Gasteiger partial charge on any atom is -0.497 e. The van der Waals surface area contributed by atoms with Crippen molar-refractivity contribution in [3.05, 3.63) is 83.4 Å². The number of benzene rings is 2. The molecule has 0 amide bonds. The van der Waals surface area contributed by atoms with Crippen LogP contribution < -0.4 is 10.3 Å². The summed E-state index contributed by atoms with van der Waals surface area (Å²) in [6.07, 6.45) is 3.42. The molecular weight excluding hydrogens is 426 g/mol. The van der Waals surface area contributed by atoms with E-state index in [9.17, 15) is 4.79 Å². The molecule has 0 unspecified atom stereocenters. The minimum absolute atomic E-state index is 0.201. The molecule has 0 atom stereocenters. The van der Waals surface area contributed by atoms with Crippen LogP contribution in [0, 0.1) is 0 Å². The summed E-state index contributed by atoms with van der Waals surface area (Å²) in [5.74, 6) is 1.65. The lowest BCUT2D eigenvalue weighted by Crippen LogP contribution is -2.23. The van der Waals surface area contributed by atoms with E-state index in [1.165, 1.54) is 16.4 Å². The van der Waals surface area contributed by atoms with Crippen LogP contribution in [0.25, 0.3) is 28.0 Å². The Morgan fingerprint density at radius 3 is 2.50 bits per heavy atom. The van der Waals surface area contributed by atoms with Crippen molar-refractivity contribution >= 4 is 22.7 Å². The first-order valence-corrected chi connectivity index (χ1v) is 10.7. The van der Waals surface area contributed by atoms with Gasteiger partial charge in [-0.05, 0) is 48.5 Å². The first-order chi connectivity index (χ1) is 15.7. The molecule has 3 heterocycles. The van der Waals surface area contributed by atoms with Crippen LogP contribution >= 0.6 is 11.8 Å². The van der Waals surface area contributed by atoms with E-state index in [0.29, 0.717) is 21.9 Å². The van der Waals surface area contributed by atoms with Crippen LogP contribution in [-0.2, 0) is 5.88 Å². The van der Waals surface area contributed by atoms with Crippen molar-refractivity contribution in [3.63, 3.8) is 0 Å². The van der Waals surface area contributed by atoms with Gasteiger partial charge in [-0.15, -0.1) is 15.3 Å². The Morgan fingerprint density at radius 2 is 1.72 bits per heavy atom. The molecule has 0 saturated heterocycles. The summed E-state index contributed by atoms with van der Waals surface area (Å²) >= 11 is 1.35. The Bertz CT molecular complexity index is 1430. The number of hydrogen-bond donors (Lipinski definition) is 0. The molecule has 5 aromatic rings. The Hall–Kier alpha value is -4.05. The molecule has 0 bridgehead atoms. The standard InChI is InChI=1S/C22H17N7O2S/c1-31-17-8-6-16(7-9-17)29-20(15-10-12-23-13-11-15)25-26-22(29)32-14-28-21(30)18-4-2-3-5-19(18)24-27-28/h2-13H,14H2,1H3. The van der Waals surface area contributed by atoms with E-state index in [4.69, 9.17) is 4.74 Å². The number of ether oxygens (including phenoxy) is 1. The van der Waals surface area contributed by atoms with Crippen LogP contribution in [0.4, 0.5) is 0 Å². The summed E-state index contributed by atoms with van der Waals surface area (Å²) in [4.78, 5) is 16.9. The molecule has 5 rings (SSSR count). The maximum Gasteiger partial charge on any atom is 0.278 e. The van der Waals surface area contributed by atoms with E-state index in [0.717, 1.165) is 17.0 Å². The Labute approximate surface area is 186 Å². The minimum atomic E-state index is -0.201. The molecule has 0 aliphatic carbocycles. The zero-order valence-electron chi connectivity index (χ0n) is 17.0. The van der Waals surface area contributed by atoms with Gasteiger partial charge < -0.3 is 4.74 Å². The van der Waals surface area contributed by atoms with Crippen LogP contribution in [-0.4, -0.2) is 41.9 Å². The molecule has 0 saturated carbocycles. The smallest absolute Gasteiger partial charge is 0.278 e. The second-order valence-corrected chi connectivity index (χ2v) is 7.67. The van der Waals surface area contributed by atoms with Gasteiger partial charge in [0.1, 0.15) is 11.3 Å². The fraction of sp³-hybridized carbons (Fsp3) is 0.0909. The number of aromatic nitrogens is 7. The Kier molecular flexibility index (Phi) is 5.34. The molecule has 3 aromatic heterocycles. The predicted molar refractivity (Wildman–Crippen MR) is 121 cm³/mol. The van der Waals surface area contributed by atoms with Crippen molar-refractivity contribution in [1.82, 2.24) is 34.7 Å². The van der Waals surface area contributed by atoms with Crippen molar-refractivity contribution in [1.29, 1.82) is 0 Å². The maximum atomic E-state index is 12.8. The van der Waals surface area contributed by atoms with Gasteiger partial charge in [0, 0.05) is 23.6 Å². The molecule has 9 nitrogen and oxygen atoms in total. The predicted octanol–water partition coefficient (Wildman–Crippen LogP) is 3.19. The number of rotatable bonds is 6. The van der Waals surface area contributed by atoms with E-state index >= 15 is 0 Å². The van der Waals surface area contributed by atoms with Gasteiger partial charge in [0.25, 0.3) is 5.56 Å². The van der Waals surface area contributed by atoms with Crippen LogP contribution in [0.15, 0.2) is 83.0 Å². The summed E-state index contributed by atoms with van der Waals surface area (Å²) in [5, 5.41) is 18.1. The largest absolute Gasteiger partial charge is 0.497 e. The van der Waals surface area contributed by atoms with Gasteiger partial charge in [-0.25, -0.2) is 0 Å². The third kappa shape index (κ3) is 3.71. The van der Waals surface area contributed by atoms with E-state index in [2.05, 4.69) is 25.5 Å². The van der Waals surface area contributed by atoms with Crippen LogP contribution in [0.1, 0.15) is 0 Å². The van der Waals surface area contributed by atoms with Gasteiger partial charge in [-0.1, -0.05) is 29.1 Å². The zero-order valence-corrected chi connectivity index (χ0v) is 17.8. The average Bonchev–Trinajstić information content (AvgIpc) is 3.28. The number of nitrogens with zero attached hydrogens (tertiary/aromatic N) is 7. The monoisotopic (exact) mass is 443 g/mol. The highest BCUT2D eigenvalue weighted by Gasteiger charge is 2.17. The van der Waals surface area contributed by atoms with Crippen molar-refractivity contribution in [2.24, 2.45) is 0 Å². The highest BCUT2D eigenvalue weighted by atomic mass is 32.2. The SMILES string of the molecule is COc1ccc(-n2c(SCn3nnc4ccccc4c3=O)nnc2-c2ccncc2)cc1. The lowest BCUT2D eigenvalue weighted by molar-refractivity contribution is 0.414. The third-order valence-corrected chi connectivity index (χ3v) is 5.74. The molecule has 0 aliphatic rings. The first-order valence-electron chi connectivity index (χ1n) is 9.70. The van der Waals surface area contributed by atoms with Crippen molar-refractivity contribution < 1.29 is 4.74 Å². The molecule has 158 valence electrons. The molecule has 0 fully saturated rings. The van der Waals surface area contributed by atoms with E-state index in [1.807, 2.05) is 53.1 Å². The van der Waals surface area contributed by atoms with Crippen LogP contribution in [0.3, 0.4) is 0 Å². The van der Waals surface area contributed by atoms with Gasteiger partial charge >= 0.3 is 0 Å². The molecule has 0 radical (unpaired) electrons. The molecular formula is C22H17N7O2S. The number of methoxy groups -OCH3 is 1. The number of thioether (sulfide) groups is 1. The van der Waals surface area contributed by atoms with Gasteiger partial charge in [0.15, 0.2) is 11.0 Å². The molecule has 10 heteroatoms. The molecule has 2 aromatic carbocycles. The van der Waals surface area contributed by atoms with E-state index in [-0.39, 0.29) is 11.4 Å². The Morgan fingerprint density at radius 1 is 0.938 bits per heavy atom. The summed E-state index contributed by atoms with van der Waals surface area (Å²) in [7, 11) is 1.62. The summed E-state index contributed by atoms with van der Waals surface area (Å²) in [6.45, 7) is 0. The van der Waals surface area contributed by atoms with E-state index < -0.39 is 0 Å². The molecule has 0 aliphatic heterocycles. The van der Waals surface area contributed by atoms with Crippen molar-refractivity contribution in [2.75, 3.05) is 7.11 Å². The highest BCUT2D eigenvalue weighted by Crippen LogP contribution is 2.29. The zero-order chi connectivity index (χ0) is 21.9. The van der Waals surface area contributed by atoms with Crippen molar-refractivity contribution in [2.45, 2.75) is 11.0 Å². The summed E-state index contributed by atoms with van der Waals surface area (Å²) < 4.78 is 8.53. The average molecular weight is 443 g/mol. The quantitative estimate of drug-likeness (QED) is 0.369. The summed E-state index contributed by atoms with van der Waals surface area (Å²) in [6, 6.07) is 18.5. The van der Waals surface area contributed by atoms with Gasteiger partial charge in [0.05, 0.1) is 18.4 Å². The van der Waals surface area contributed by atoms with Crippen LogP contribution in [0.5, 0.6) is 5.75 Å². The fourth-order valence-corrected chi connectivity index (χ4v) is 4.07. The van der Waals surface area contributed by atoms with Gasteiger partial charge in [0.2, 0.25) is 0 Å². The van der Waals surface area contributed by atoms with Gasteiger partial charge in [-0.3, -0.25) is 14.3 Å². The molecule has 0 spiro atoms. The second kappa shape index (κ2) is 8.60. The fourth-order valence-electron chi connectivity index (χ4n) is 3.24. The molecule has 32 heavy (non-hydrogen) atoms. The maximum absolute atomic E-state index is 12.8. The lowest BCUT2D eigenvalue weighted by Gasteiger charge is -2.11. The van der Waals surface area contributed by atoms with Crippen LogP contribution in [0.2, 0.25) is 0 Å². The van der Waals surface area contributed by atoms with Crippen molar-refractivity contribution in [3.8, 4) is 22.8 Å². The third-order valence-electron chi connectivity index (χ3n) is 4.85. The van der Waals surface area contributed by atoms with Gasteiger partial charge in [-0.2, -0.15) is 4.68 Å². The number of pyridine rings is 1. The Balaban J connectivity index is 1.53. The number of fused-ring (bicyclic) bond motifs is 1. The lowest BCUT2D eigenvalue weighted by atomic mass is 10.2. The summed E-state index contributed by atoms with van der Waals surface area (Å²) in [5.41, 5.74) is 2.10. The normalized spacial score (nSPS) is 11.0. The topological polar surface area (TPSA) is 101 Å². The number of hydrogen-bond acceptors (Lipinski definition) is 8. The highest BCUT2D eigenvalue weighted by molar-refractivity contribution is 7.98.